The second kappa shape index (κ2) is 8.03. The van der Waals surface area contributed by atoms with Crippen LogP contribution in [-0.2, 0) is 0 Å². The summed E-state index contributed by atoms with van der Waals surface area (Å²) in [6, 6.07) is 13.6. The molecule has 4 rings (SSSR count). The second-order valence-electron chi connectivity index (χ2n) is 6.62. The Morgan fingerprint density at radius 1 is 1.04 bits per heavy atom. The molecule has 0 amide bonds. The molecule has 6 heteroatoms. The molecule has 1 aliphatic heterocycles. The number of anilines is 2. The van der Waals surface area contributed by atoms with Gasteiger partial charge in [-0.15, -0.1) is 0 Å². The first-order chi connectivity index (χ1) is 13.2. The maximum Gasteiger partial charge on any atom is 0.130 e. The quantitative estimate of drug-likeness (QED) is 0.664. The van der Waals surface area contributed by atoms with Gasteiger partial charge in [-0.05, 0) is 67.7 Å². The number of pyridine rings is 1. The number of fused-ring (bicyclic) bond motifs is 1. The summed E-state index contributed by atoms with van der Waals surface area (Å²) in [4.78, 5) is 4.48. The Balaban J connectivity index is 1.57. The first-order valence-corrected chi connectivity index (χ1v) is 9.47. The average Bonchev–Trinajstić information content (AvgIpc) is 2.70. The highest BCUT2D eigenvalue weighted by Crippen LogP contribution is 2.30. The molecule has 1 fully saturated rings. The molecule has 5 nitrogen and oxygen atoms in total. The van der Waals surface area contributed by atoms with Gasteiger partial charge in [0.1, 0.15) is 23.4 Å². The van der Waals surface area contributed by atoms with Gasteiger partial charge in [0.25, 0.3) is 0 Å². The minimum Gasteiger partial charge on any atom is -0.497 e. The van der Waals surface area contributed by atoms with Crippen molar-refractivity contribution in [3.63, 3.8) is 0 Å². The van der Waals surface area contributed by atoms with E-state index in [9.17, 15) is 0 Å². The van der Waals surface area contributed by atoms with E-state index >= 15 is 0 Å². The number of methoxy groups -OCH3 is 1. The molecular formula is C21H22ClN3O2. The van der Waals surface area contributed by atoms with Crippen molar-refractivity contribution in [2.45, 2.75) is 18.9 Å². The van der Waals surface area contributed by atoms with Crippen LogP contribution in [0.5, 0.6) is 11.5 Å². The van der Waals surface area contributed by atoms with E-state index < -0.39 is 0 Å². The lowest BCUT2D eigenvalue weighted by Gasteiger charge is -2.24. The lowest BCUT2D eigenvalue weighted by Crippen LogP contribution is -2.34. The van der Waals surface area contributed by atoms with Crippen LogP contribution in [0.3, 0.4) is 0 Å². The third-order valence-electron chi connectivity index (χ3n) is 4.72. The zero-order chi connectivity index (χ0) is 18.6. The molecule has 1 saturated heterocycles. The fourth-order valence-electron chi connectivity index (χ4n) is 3.23. The van der Waals surface area contributed by atoms with Gasteiger partial charge in [0.15, 0.2) is 0 Å². The molecule has 0 spiro atoms. The summed E-state index contributed by atoms with van der Waals surface area (Å²) in [6.45, 7) is 2.02. The summed E-state index contributed by atoms with van der Waals surface area (Å²) in [7, 11) is 1.63. The van der Waals surface area contributed by atoms with Gasteiger partial charge in [0.05, 0.1) is 17.8 Å². The molecule has 2 heterocycles. The molecule has 0 atom stereocenters. The number of piperidine rings is 1. The molecular weight excluding hydrogens is 362 g/mol. The molecule has 1 aromatic heterocycles. The van der Waals surface area contributed by atoms with E-state index in [4.69, 9.17) is 21.1 Å². The Hall–Kier alpha value is -2.50. The fourth-order valence-corrected chi connectivity index (χ4v) is 3.40. The van der Waals surface area contributed by atoms with Crippen LogP contribution in [0, 0.1) is 0 Å². The molecule has 0 aliphatic carbocycles. The van der Waals surface area contributed by atoms with Gasteiger partial charge in [-0.3, -0.25) is 0 Å². The first kappa shape index (κ1) is 17.9. The Bertz CT molecular complexity index is 942. The number of ether oxygens (including phenoxy) is 2. The number of hydrogen-bond donors (Lipinski definition) is 2. The highest BCUT2D eigenvalue weighted by molar-refractivity contribution is 6.33. The van der Waals surface area contributed by atoms with Gasteiger partial charge in [-0.2, -0.15) is 0 Å². The van der Waals surface area contributed by atoms with E-state index in [1.54, 1.807) is 13.2 Å². The van der Waals surface area contributed by atoms with E-state index in [1.807, 2.05) is 36.5 Å². The van der Waals surface area contributed by atoms with E-state index in [1.165, 1.54) is 0 Å². The van der Waals surface area contributed by atoms with Crippen LogP contribution in [0.15, 0.2) is 48.7 Å². The van der Waals surface area contributed by atoms with Gasteiger partial charge in [-0.1, -0.05) is 11.6 Å². The average molecular weight is 384 g/mol. The Morgan fingerprint density at radius 3 is 2.67 bits per heavy atom. The summed E-state index contributed by atoms with van der Waals surface area (Å²) in [5.74, 6) is 2.35. The minimum absolute atomic E-state index is 0.277. The Kier molecular flexibility index (Phi) is 5.32. The van der Waals surface area contributed by atoms with E-state index in [2.05, 4.69) is 21.7 Å². The van der Waals surface area contributed by atoms with Gasteiger partial charge in [0.2, 0.25) is 0 Å². The summed E-state index contributed by atoms with van der Waals surface area (Å²) in [5.41, 5.74) is 0.755. The molecule has 1 aliphatic rings. The lowest BCUT2D eigenvalue weighted by molar-refractivity contribution is 0.162. The predicted octanol–water partition coefficient (Wildman–Crippen LogP) is 4.77. The molecule has 0 unspecified atom stereocenters. The third kappa shape index (κ3) is 4.26. The predicted molar refractivity (Wildman–Crippen MR) is 110 cm³/mol. The number of nitrogens with one attached hydrogen (secondary N) is 2. The Morgan fingerprint density at radius 2 is 1.85 bits per heavy atom. The van der Waals surface area contributed by atoms with Gasteiger partial charge in [-0.25, -0.2) is 4.98 Å². The van der Waals surface area contributed by atoms with Crippen LogP contribution >= 0.6 is 11.6 Å². The standard InChI is InChI=1S/C21H22ClN3O2/c1-26-17-4-5-19(22)20(12-17)25-21-11-15-10-18(3-2-14(15)13-24-21)27-16-6-8-23-9-7-16/h2-5,10-13,16,23H,6-9H2,1H3,(H,24,25). The number of rotatable bonds is 5. The molecule has 2 aromatic carbocycles. The van der Waals surface area contributed by atoms with Crippen LogP contribution in [0.4, 0.5) is 11.5 Å². The summed E-state index contributed by atoms with van der Waals surface area (Å²) in [6.07, 6.45) is 4.20. The monoisotopic (exact) mass is 383 g/mol. The smallest absolute Gasteiger partial charge is 0.130 e. The molecule has 2 N–H and O–H groups in total. The Labute approximate surface area is 163 Å². The largest absolute Gasteiger partial charge is 0.497 e. The molecule has 0 saturated carbocycles. The van der Waals surface area contributed by atoms with Crippen molar-refractivity contribution in [3.8, 4) is 11.5 Å². The minimum atomic E-state index is 0.277. The maximum atomic E-state index is 6.28. The van der Waals surface area contributed by atoms with Gasteiger partial charge >= 0.3 is 0 Å². The topological polar surface area (TPSA) is 55.4 Å². The summed E-state index contributed by atoms with van der Waals surface area (Å²) in [5, 5.41) is 9.37. The van der Waals surface area contributed by atoms with E-state index in [0.29, 0.717) is 5.02 Å². The molecule has 140 valence electrons. The van der Waals surface area contributed by atoms with Crippen molar-refractivity contribution in [2.75, 3.05) is 25.5 Å². The fraction of sp³-hybridized carbons (Fsp3) is 0.286. The van der Waals surface area contributed by atoms with E-state index in [0.717, 1.165) is 59.7 Å². The molecule has 0 bridgehead atoms. The normalized spacial score (nSPS) is 14.9. The zero-order valence-electron chi connectivity index (χ0n) is 15.2. The van der Waals surface area contributed by atoms with E-state index in [-0.39, 0.29) is 6.10 Å². The van der Waals surface area contributed by atoms with Crippen LogP contribution in [0.2, 0.25) is 5.02 Å². The third-order valence-corrected chi connectivity index (χ3v) is 5.05. The van der Waals surface area contributed by atoms with Gasteiger partial charge in [0, 0.05) is 17.6 Å². The highest BCUT2D eigenvalue weighted by Gasteiger charge is 2.14. The van der Waals surface area contributed by atoms with Crippen LogP contribution in [0.25, 0.3) is 10.8 Å². The molecule has 27 heavy (non-hydrogen) atoms. The summed E-state index contributed by atoms with van der Waals surface area (Å²) < 4.78 is 11.4. The molecule has 0 radical (unpaired) electrons. The number of halogens is 1. The SMILES string of the molecule is COc1ccc(Cl)c(Nc2cc3cc(OC4CCNCC4)ccc3cn2)c1. The zero-order valence-corrected chi connectivity index (χ0v) is 15.9. The van der Waals surface area contributed by atoms with Crippen LogP contribution < -0.4 is 20.1 Å². The summed E-state index contributed by atoms with van der Waals surface area (Å²) >= 11 is 6.28. The highest BCUT2D eigenvalue weighted by atomic mass is 35.5. The lowest BCUT2D eigenvalue weighted by atomic mass is 10.1. The van der Waals surface area contributed by atoms with Crippen LogP contribution in [0.1, 0.15) is 12.8 Å². The van der Waals surface area contributed by atoms with Crippen molar-refractivity contribution in [1.82, 2.24) is 10.3 Å². The van der Waals surface area contributed by atoms with Crippen LogP contribution in [-0.4, -0.2) is 31.3 Å². The van der Waals surface area contributed by atoms with Gasteiger partial charge < -0.3 is 20.1 Å². The first-order valence-electron chi connectivity index (χ1n) is 9.09. The second-order valence-corrected chi connectivity index (χ2v) is 7.02. The van der Waals surface area contributed by atoms with Crippen molar-refractivity contribution >= 4 is 33.9 Å². The molecule has 3 aromatic rings. The number of benzene rings is 2. The number of aromatic nitrogens is 1. The maximum absolute atomic E-state index is 6.28. The van der Waals surface area contributed by atoms with Crippen molar-refractivity contribution in [1.29, 1.82) is 0 Å². The number of hydrogen-bond acceptors (Lipinski definition) is 5. The van der Waals surface area contributed by atoms with Crippen molar-refractivity contribution < 1.29 is 9.47 Å². The number of nitrogens with zero attached hydrogens (tertiary/aromatic N) is 1. The van der Waals surface area contributed by atoms with Crippen molar-refractivity contribution in [3.05, 3.63) is 53.7 Å². The van der Waals surface area contributed by atoms with Crippen molar-refractivity contribution in [2.24, 2.45) is 0 Å².